The van der Waals surface area contributed by atoms with E-state index in [-0.39, 0.29) is 17.9 Å². The fraction of sp³-hybridized carbons (Fsp3) is 0.433. The molecule has 226 valence electrons. The molecule has 0 bridgehead atoms. The van der Waals surface area contributed by atoms with Crippen molar-refractivity contribution in [3.05, 3.63) is 76.4 Å². The van der Waals surface area contributed by atoms with Gasteiger partial charge in [-0.25, -0.2) is 13.9 Å². The number of benzene rings is 2. The second-order valence-corrected chi connectivity index (χ2v) is 11.8. The van der Waals surface area contributed by atoms with Gasteiger partial charge in [-0.15, -0.1) is 0 Å². The molecule has 1 aliphatic rings. The Morgan fingerprint density at radius 1 is 1.07 bits per heavy atom. The first-order chi connectivity index (χ1) is 19.6. The number of hydrogen-bond acceptors (Lipinski definition) is 5. The molecule has 2 N–H and O–H groups in total. The summed E-state index contributed by atoms with van der Waals surface area (Å²) in [4.78, 5) is 27.6. The molecule has 2 heterocycles. The summed E-state index contributed by atoms with van der Waals surface area (Å²) < 4.78 is 62.1. The van der Waals surface area contributed by atoms with Crippen LogP contribution in [-0.4, -0.2) is 45.4 Å². The smallest absolute Gasteiger partial charge is 0.435 e. The topological polar surface area (TPSA) is 88.5 Å². The van der Waals surface area contributed by atoms with Crippen molar-refractivity contribution in [2.75, 3.05) is 18.4 Å². The third-order valence-electron chi connectivity index (χ3n) is 6.48. The molecule has 0 radical (unpaired) electrons. The SMILES string of the molecule is CC(C)CN1CCc2cc(NC(=O)c3cc(C(F)(F)F)nn3-c3cccc(CNC(=O)OC(C)(C)C)c3)c(F)cc2C1. The minimum absolute atomic E-state index is 0.0204. The maximum absolute atomic E-state index is 15.1. The van der Waals surface area contributed by atoms with Crippen LogP contribution in [0.3, 0.4) is 0 Å². The molecule has 0 fully saturated rings. The Bertz CT molecular complexity index is 1460. The number of nitrogens with one attached hydrogen (secondary N) is 2. The summed E-state index contributed by atoms with van der Waals surface area (Å²) in [5.74, 6) is -1.17. The van der Waals surface area contributed by atoms with Crippen LogP contribution in [0, 0.1) is 11.7 Å². The lowest BCUT2D eigenvalue weighted by molar-refractivity contribution is -0.141. The fourth-order valence-electron chi connectivity index (χ4n) is 4.76. The molecule has 1 aliphatic heterocycles. The molecule has 12 heteroatoms. The molecular weight excluding hydrogens is 554 g/mol. The van der Waals surface area contributed by atoms with Crippen molar-refractivity contribution in [1.82, 2.24) is 20.0 Å². The normalized spacial score (nSPS) is 14.0. The molecule has 2 aromatic carbocycles. The average molecular weight is 590 g/mol. The zero-order chi connectivity index (χ0) is 30.8. The van der Waals surface area contributed by atoms with E-state index in [1.54, 1.807) is 39.0 Å². The molecule has 0 saturated carbocycles. The summed E-state index contributed by atoms with van der Waals surface area (Å²) in [5, 5.41) is 8.67. The molecule has 8 nitrogen and oxygen atoms in total. The van der Waals surface area contributed by atoms with Crippen molar-refractivity contribution in [2.24, 2.45) is 5.92 Å². The maximum Gasteiger partial charge on any atom is 0.435 e. The summed E-state index contributed by atoms with van der Waals surface area (Å²) in [6.45, 7) is 11.6. The summed E-state index contributed by atoms with van der Waals surface area (Å²) >= 11 is 0. The van der Waals surface area contributed by atoms with Gasteiger partial charge in [-0.05, 0) is 74.1 Å². The largest absolute Gasteiger partial charge is 0.444 e. The molecule has 42 heavy (non-hydrogen) atoms. The van der Waals surface area contributed by atoms with Crippen molar-refractivity contribution in [1.29, 1.82) is 0 Å². The maximum atomic E-state index is 15.1. The lowest BCUT2D eigenvalue weighted by atomic mass is 9.98. The molecule has 0 atom stereocenters. The molecule has 0 saturated heterocycles. The zero-order valence-corrected chi connectivity index (χ0v) is 24.2. The van der Waals surface area contributed by atoms with Crippen LogP contribution in [0.15, 0.2) is 42.5 Å². The molecule has 0 unspecified atom stereocenters. The van der Waals surface area contributed by atoms with E-state index in [2.05, 4.69) is 34.5 Å². The predicted octanol–water partition coefficient (Wildman–Crippen LogP) is 6.32. The third kappa shape index (κ3) is 7.87. The monoisotopic (exact) mass is 589 g/mol. The average Bonchev–Trinajstić information content (AvgIpc) is 3.33. The van der Waals surface area contributed by atoms with Gasteiger partial charge < -0.3 is 15.4 Å². The quantitative estimate of drug-likeness (QED) is 0.315. The van der Waals surface area contributed by atoms with Gasteiger partial charge >= 0.3 is 12.3 Å². The third-order valence-corrected chi connectivity index (χ3v) is 6.48. The number of aromatic nitrogens is 2. The Morgan fingerprint density at radius 2 is 1.81 bits per heavy atom. The number of rotatable bonds is 7. The van der Waals surface area contributed by atoms with Gasteiger partial charge in [0, 0.05) is 32.2 Å². The van der Waals surface area contributed by atoms with Crippen LogP contribution < -0.4 is 10.6 Å². The first-order valence-corrected chi connectivity index (χ1v) is 13.7. The number of nitrogens with zero attached hydrogens (tertiary/aromatic N) is 3. The number of alkyl carbamates (subject to hydrolysis) is 1. The van der Waals surface area contributed by atoms with Crippen LogP contribution in [-0.2, 0) is 30.4 Å². The Morgan fingerprint density at radius 3 is 2.48 bits per heavy atom. The molecule has 2 amide bonds. The van der Waals surface area contributed by atoms with E-state index in [9.17, 15) is 22.8 Å². The van der Waals surface area contributed by atoms with Gasteiger partial charge in [0.2, 0.25) is 0 Å². The summed E-state index contributed by atoms with van der Waals surface area (Å²) in [7, 11) is 0. The van der Waals surface area contributed by atoms with Crippen molar-refractivity contribution in [2.45, 2.75) is 65.9 Å². The van der Waals surface area contributed by atoms with Crippen molar-refractivity contribution in [3.63, 3.8) is 0 Å². The van der Waals surface area contributed by atoms with E-state index in [0.29, 0.717) is 30.5 Å². The Kier molecular flexibility index (Phi) is 8.95. The number of ether oxygens (including phenoxy) is 1. The number of hydrogen-bond donors (Lipinski definition) is 2. The highest BCUT2D eigenvalue weighted by Crippen LogP contribution is 2.31. The minimum Gasteiger partial charge on any atom is -0.444 e. The van der Waals surface area contributed by atoms with Crippen LogP contribution in [0.25, 0.3) is 5.69 Å². The number of carbonyl (C=O) groups is 2. The van der Waals surface area contributed by atoms with E-state index in [0.717, 1.165) is 28.9 Å². The Hall–Kier alpha value is -3.93. The van der Waals surface area contributed by atoms with E-state index in [1.165, 1.54) is 18.2 Å². The number of carbonyl (C=O) groups excluding carboxylic acids is 2. The lowest BCUT2D eigenvalue weighted by Gasteiger charge is -2.30. The molecule has 1 aromatic heterocycles. The van der Waals surface area contributed by atoms with E-state index in [4.69, 9.17) is 4.74 Å². The Balaban J connectivity index is 1.58. The van der Waals surface area contributed by atoms with Gasteiger partial charge in [-0.3, -0.25) is 9.69 Å². The van der Waals surface area contributed by atoms with Gasteiger partial charge in [0.15, 0.2) is 5.69 Å². The molecular formula is C30H35F4N5O3. The van der Waals surface area contributed by atoms with Gasteiger partial charge in [0.25, 0.3) is 5.91 Å². The van der Waals surface area contributed by atoms with Gasteiger partial charge in [0.1, 0.15) is 17.1 Å². The second kappa shape index (κ2) is 12.1. The fourth-order valence-corrected chi connectivity index (χ4v) is 4.76. The van der Waals surface area contributed by atoms with E-state index >= 15 is 4.39 Å². The highest BCUT2D eigenvalue weighted by molar-refractivity contribution is 6.03. The van der Waals surface area contributed by atoms with Crippen LogP contribution in [0.1, 0.15) is 67.5 Å². The Labute approximate surface area is 242 Å². The van der Waals surface area contributed by atoms with Crippen LogP contribution in [0.4, 0.5) is 28.0 Å². The van der Waals surface area contributed by atoms with Crippen LogP contribution in [0.5, 0.6) is 0 Å². The van der Waals surface area contributed by atoms with Crippen molar-refractivity contribution < 1.29 is 31.9 Å². The number of anilines is 1. The zero-order valence-electron chi connectivity index (χ0n) is 24.2. The summed E-state index contributed by atoms with van der Waals surface area (Å²) in [6.07, 6.45) is -4.83. The number of alkyl halides is 3. The summed E-state index contributed by atoms with van der Waals surface area (Å²) in [6, 6.07) is 9.72. The van der Waals surface area contributed by atoms with Crippen LogP contribution >= 0.6 is 0 Å². The van der Waals surface area contributed by atoms with E-state index in [1.807, 2.05) is 0 Å². The lowest BCUT2D eigenvalue weighted by Crippen LogP contribution is -2.33. The van der Waals surface area contributed by atoms with Gasteiger partial charge in [-0.1, -0.05) is 26.0 Å². The molecule has 0 spiro atoms. The standard InChI is InChI=1S/C30H35F4N5O3/c1-18(2)16-38-10-9-20-13-24(23(31)12-21(20)17-38)36-27(40)25-14-26(30(32,33)34)37-39(25)22-8-6-7-19(11-22)15-35-28(41)42-29(3,4)5/h6-8,11-14,18H,9-10,15-17H2,1-5H3,(H,35,41)(H,36,40). The van der Waals surface area contributed by atoms with Gasteiger partial charge in [-0.2, -0.15) is 18.3 Å². The highest BCUT2D eigenvalue weighted by Gasteiger charge is 2.36. The van der Waals surface area contributed by atoms with Crippen molar-refractivity contribution >= 4 is 17.7 Å². The predicted molar refractivity (Wildman–Crippen MR) is 150 cm³/mol. The number of fused-ring (bicyclic) bond motifs is 1. The van der Waals surface area contributed by atoms with E-state index < -0.39 is 41.0 Å². The number of halogens is 4. The minimum atomic E-state index is -4.82. The molecule has 4 rings (SSSR count). The van der Waals surface area contributed by atoms with Crippen molar-refractivity contribution in [3.8, 4) is 5.69 Å². The molecule has 0 aliphatic carbocycles. The number of amides is 2. The highest BCUT2D eigenvalue weighted by atomic mass is 19.4. The summed E-state index contributed by atoms with van der Waals surface area (Å²) in [5.41, 5.74) is -0.159. The second-order valence-electron chi connectivity index (χ2n) is 11.8. The van der Waals surface area contributed by atoms with Crippen LogP contribution in [0.2, 0.25) is 0 Å². The first kappa shape index (κ1) is 31.0. The van der Waals surface area contributed by atoms with Gasteiger partial charge in [0.05, 0.1) is 11.4 Å². The molecule has 3 aromatic rings. The first-order valence-electron chi connectivity index (χ1n) is 13.7.